The zero-order valence-corrected chi connectivity index (χ0v) is 23.3. The number of anilines is 1. The van der Waals surface area contributed by atoms with Crippen molar-refractivity contribution in [3.8, 4) is 11.1 Å². The normalized spacial score (nSPS) is 13.9. The van der Waals surface area contributed by atoms with E-state index < -0.39 is 17.9 Å². The molecule has 3 amide bonds. The van der Waals surface area contributed by atoms with Gasteiger partial charge in [0.05, 0.1) is 5.56 Å². The van der Waals surface area contributed by atoms with Gasteiger partial charge in [0.15, 0.2) is 0 Å². The highest BCUT2D eigenvalue weighted by Gasteiger charge is 2.37. The van der Waals surface area contributed by atoms with Crippen LogP contribution in [0.5, 0.6) is 0 Å². The lowest BCUT2D eigenvalue weighted by molar-refractivity contribution is -0.121. The van der Waals surface area contributed by atoms with Crippen molar-refractivity contribution in [2.24, 2.45) is 5.73 Å². The molecule has 0 aliphatic carbocycles. The first kappa shape index (κ1) is 28.7. The number of carbonyl (C=O) groups is 4. The van der Waals surface area contributed by atoms with Crippen LogP contribution in [0.25, 0.3) is 11.1 Å². The Bertz CT molecular complexity index is 1730. The summed E-state index contributed by atoms with van der Waals surface area (Å²) in [5.74, 6) is -2.21. The van der Waals surface area contributed by atoms with Crippen molar-refractivity contribution in [3.63, 3.8) is 0 Å². The number of amidine groups is 1. The molecule has 5 rings (SSSR count). The number of fused-ring (bicyclic) bond motifs is 1. The number of benzene rings is 4. The van der Waals surface area contributed by atoms with E-state index in [1.807, 2.05) is 30.3 Å². The van der Waals surface area contributed by atoms with E-state index in [1.165, 1.54) is 29.2 Å². The average Bonchev–Trinajstić information content (AvgIpc) is 3.03. The Kier molecular flexibility index (Phi) is 8.02. The van der Waals surface area contributed by atoms with E-state index in [0.717, 1.165) is 16.7 Å². The van der Waals surface area contributed by atoms with E-state index in [4.69, 9.17) is 11.1 Å². The topological polar surface area (TPSA) is 166 Å². The summed E-state index contributed by atoms with van der Waals surface area (Å²) in [6.07, 6.45) is 0.483. The summed E-state index contributed by atoms with van der Waals surface area (Å²) in [6.45, 7) is 0.254. The molecule has 0 saturated heterocycles. The van der Waals surface area contributed by atoms with Gasteiger partial charge in [-0.15, -0.1) is 0 Å². The van der Waals surface area contributed by atoms with Gasteiger partial charge in [-0.2, -0.15) is 0 Å². The van der Waals surface area contributed by atoms with Crippen LogP contribution in [-0.2, 0) is 11.2 Å². The van der Waals surface area contributed by atoms with Gasteiger partial charge in [-0.1, -0.05) is 42.5 Å². The van der Waals surface area contributed by atoms with E-state index >= 15 is 0 Å². The molecule has 0 radical (unpaired) electrons. The van der Waals surface area contributed by atoms with E-state index in [0.29, 0.717) is 34.4 Å². The molecule has 0 bridgehead atoms. The maximum Gasteiger partial charge on any atom is 0.335 e. The minimum atomic E-state index is -1.08. The van der Waals surface area contributed by atoms with Gasteiger partial charge in [0.2, 0.25) is 0 Å². The molecule has 1 aliphatic rings. The molecule has 10 nitrogen and oxygen atoms in total. The molecule has 43 heavy (non-hydrogen) atoms. The molecule has 4 aromatic carbocycles. The Hall–Kier alpha value is -5.77. The van der Waals surface area contributed by atoms with Crippen LogP contribution in [0.4, 0.5) is 5.69 Å². The van der Waals surface area contributed by atoms with E-state index in [9.17, 15) is 24.3 Å². The molecule has 4 aromatic rings. The predicted molar refractivity (Wildman–Crippen MR) is 162 cm³/mol. The van der Waals surface area contributed by atoms with Gasteiger partial charge in [-0.3, -0.25) is 19.8 Å². The number of carboxylic acid groups (broad SMARTS) is 1. The minimum Gasteiger partial charge on any atom is -0.478 e. The van der Waals surface area contributed by atoms with Gasteiger partial charge in [-0.05, 0) is 77.2 Å². The smallest absolute Gasteiger partial charge is 0.335 e. The summed E-state index contributed by atoms with van der Waals surface area (Å²) >= 11 is 0. The minimum absolute atomic E-state index is 0.0823. The van der Waals surface area contributed by atoms with Crippen molar-refractivity contribution in [1.29, 1.82) is 5.41 Å². The predicted octanol–water partition coefficient (Wildman–Crippen LogP) is 4.07. The maximum atomic E-state index is 13.9. The van der Waals surface area contributed by atoms with Crippen LogP contribution in [0.3, 0.4) is 0 Å². The summed E-state index contributed by atoms with van der Waals surface area (Å²) in [7, 11) is 1.57. The van der Waals surface area contributed by atoms with Gasteiger partial charge in [-0.25, -0.2) is 4.79 Å². The fourth-order valence-corrected chi connectivity index (χ4v) is 5.25. The lowest BCUT2D eigenvalue weighted by Crippen LogP contribution is -2.45. The third-order valence-corrected chi connectivity index (χ3v) is 7.46. The summed E-state index contributed by atoms with van der Waals surface area (Å²) < 4.78 is 0. The van der Waals surface area contributed by atoms with Crippen molar-refractivity contribution in [2.75, 3.05) is 18.9 Å². The van der Waals surface area contributed by atoms with Crippen LogP contribution < -0.4 is 16.4 Å². The quantitative estimate of drug-likeness (QED) is 0.165. The lowest BCUT2D eigenvalue weighted by atomic mass is 9.85. The average molecular weight is 576 g/mol. The Morgan fingerprint density at radius 2 is 1.44 bits per heavy atom. The second-order valence-electron chi connectivity index (χ2n) is 10.0. The third kappa shape index (κ3) is 5.84. The fourth-order valence-electron chi connectivity index (χ4n) is 5.25. The summed E-state index contributed by atoms with van der Waals surface area (Å²) in [4.78, 5) is 52.6. The third-order valence-electron chi connectivity index (χ3n) is 7.46. The zero-order valence-electron chi connectivity index (χ0n) is 23.3. The highest BCUT2D eigenvalue weighted by atomic mass is 16.4. The molecular formula is C33H29N5O5. The highest BCUT2D eigenvalue weighted by molar-refractivity contribution is 6.03. The number of nitrogens with two attached hydrogens (primary N) is 1. The molecular weight excluding hydrogens is 546 g/mol. The number of carboxylic acids is 1. The largest absolute Gasteiger partial charge is 0.478 e. The zero-order chi connectivity index (χ0) is 30.7. The number of rotatable bonds is 7. The molecule has 0 spiro atoms. The summed E-state index contributed by atoms with van der Waals surface area (Å²) in [5, 5.41) is 22.3. The molecule has 1 unspecified atom stereocenters. The molecule has 1 atom stereocenters. The number of hydrogen-bond donors (Lipinski definition) is 5. The van der Waals surface area contributed by atoms with Crippen molar-refractivity contribution in [3.05, 3.63) is 124 Å². The van der Waals surface area contributed by atoms with Gasteiger partial charge in [0, 0.05) is 36.0 Å². The van der Waals surface area contributed by atoms with E-state index in [-0.39, 0.29) is 29.8 Å². The second-order valence-corrected chi connectivity index (χ2v) is 10.0. The van der Waals surface area contributed by atoms with Crippen LogP contribution in [0.2, 0.25) is 0 Å². The molecule has 0 fully saturated rings. The SMILES string of the molecule is CNC(=O)c1ccc(-c2cccc3c2CCN(C(=O)c2ccc(C(=N)N)cc2)C3C(=O)Nc2ccc(C(=O)O)cc2)cc1. The van der Waals surface area contributed by atoms with Gasteiger partial charge in [0.1, 0.15) is 11.9 Å². The maximum absolute atomic E-state index is 13.9. The number of nitrogens with one attached hydrogen (secondary N) is 3. The number of aromatic carboxylic acids is 1. The number of amides is 3. The van der Waals surface area contributed by atoms with Crippen LogP contribution in [0.1, 0.15) is 53.8 Å². The molecule has 1 heterocycles. The van der Waals surface area contributed by atoms with Crippen LogP contribution in [0.15, 0.2) is 91.0 Å². The van der Waals surface area contributed by atoms with Crippen molar-refractivity contribution in [2.45, 2.75) is 12.5 Å². The second kappa shape index (κ2) is 12.0. The van der Waals surface area contributed by atoms with Gasteiger partial charge < -0.3 is 26.4 Å². The van der Waals surface area contributed by atoms with Crippen LogP contribution in [-0.4, -0.2) is 53.1 Å². The molecule has 6 N–H and O–H groups in total. The van der Waals surface area contributed by atoms with Gasteiger partial charge >= 0.3 is 5.97 Å². The molecule has 0 saturated carbocycles. The van der Waals surface area contributed by atoms with E-state index in [1.54, 1.807) is 43.4 Å². The highest BCUT2D eigenvalue weighted by Crippen LogP contribution is 2.37. The molecule has 10 heteroatoms. The summed E-state index contributed by atoms with van der Waals surface area (Å²) in [6, 6.07) is 23.9. The fraction of sp³-hybridized carbons (Fsp3) is 0.121. The Morgan fingerprint density at radius 1 is 0.837 bits per heavy atom. The number of nitrogen functional groups attached to an aromatic ring is 1. The van der Waals surface area contributed by atoms with Crippen LogP contribution in [0, 0.1) is 5.41 Å². The van der Waals surface area contributed by atoms with Crippen molar-refractivity contribution in [1.82, 2.24) is 10.2 Å². The Labute approximate surface area is 247 Å². The first-order chi connectivity index (χ1) is 20.7. The molecule has 1 aliphatic heterocycles. The van der Waals surface area contributed by atoms with Crippen molar-refractivity contribution < 1.29 is 24.3 Å². The monoisotopic (exact) mass is 575 g/mol. The molecule has 0 aromatic heterocycles. The number of hydrogen-bond acceptors (Lipinski definition) is 5. The molecule has 216 valence electrons. The van der Waals surface area contributed by atoms with Crippen LogP contribution >= 0.6 is 0 Å². The van der Waals surface area contributed by atoms with E-state index in [2.05, 4.69) is 10.6 Å². The Morgan fingerprint density at radius 3 is 2.05 bits per heavy atom. The lowest BCUT2D eigenvalue weighted by Gasteiger charge is -2.37. The first-order valence-corrected chi connectivity index (χ1v) is 13.5. The summed E-state index contributed by atoms with van der Waals surface area (Å²) in [5.41, 5.74) is 10.7. The number of carbonyl (C=O) groups excluding carboxylic acids is 3. The number of nitrogens with zero attached hydrogens (tertiary/aromatic N) is 1. The standard InChI is InChI=1S/C33H29N5O5/c1-36-30(39)21-9-5-19(6-10-21)25-3-2-4-27-26(25)17-18-38(32(41)22-11-7-20(8-12-22)29(34)35)28(27)31(40)37-24-15-13-23(14-16-24)33(42)43/h2-16,28H,17-18H2,1H3,(H3,34,35)(H,36,39)(H,37,40)(H,42,43). The first-order valence-electron chi connectivity index (χ1n) is 13.5. The van der Waals surface area contributed by atoms with Gasteiger partial charge in [0.25, 0.3) is 17.7 Å². The Balaban J connectivity index is 1.54. The van der Waals surface area contributed by atoms with Crippen molar-refractivity contribution >= 4 is 35.2 Å².